The van der Waals surface area contributed by atoms with E-state index in [1.54, 1.807) is 11.6 Å². The molecule has 2 aromatic rings. The van der Waals surface area contributed by atoms with Crippen LogP contribution in [0.25, 0.3) is 0 Å². The van der Waals surface area contributed by atoms with Crippen LogP contribution in [0.4, 0.5) is 4.39 Å². The number of hydrogen-bond acceptors (Lipinski definition) is 9. The van der Waals surface area contributed by atoms with Crippen LogP contribution in [0.5, 0.6) is 0 Å². The number of carboxylic acids is 1. The highest BCUT2D eigenvalue weighted by molar-refractivity contribution is 7.89. The lowest BCUT2D eigenvalue weighted by atomic mass is 9.86. The van der Waals surface area contributed by atoms with Crippen molar-refractivity contribution in [3.8, 4) is 0 Å². The van der Waals surface area contributed by atoms with Crippen molar-refractivity contribution >= 4 is 50.7 Å². The molecule has 1 atom stereocenters. The monoisotopic (exact) mass is 624 g/mol. The fourth-order valence-corrected chi connectivity index (χ4v) is 8.70. The van der Waals surface area contributed by atoms with E-state index < -0.39 is 45.0 Å². The molecule has 1 aromatic carbocycles. The number of hydrogen-bond donors (Lipinski definition) is 2. The molecule has 3 aliphatic rings. The van der Waals surface area contributed by atoms with Crippen LogP contribution in [0.1, 0.15) is 55.1 Å². The van der Waals surface area contributed by atoms with Gasteiger partial charge in [0.15, 0.2) is 10.8 Å². The molecular formula is C27H30ClFN4O6S2. The number of aliphatic carboxylic acids is 1. The molecule has 0 radical (unpaired) electrons. The number of methoxy groups -OCH3 is 1. The molecule has 41 heavy (non-hydrogen) atoms. The average molecular weight is 625 g/mol. The van der Waals surface area contributed by atoms with Crippen molar-refractivity contribution in [2.24, 2.45) is 16.8 Å². The van der Waals surface area contributed by atoms with E-state index in [2.05, 4.69) is 10.3 Å². The van der Waals surface area contributed by atoms with Gasteiger partial charge in [0.25, 0.3) is 0 Å². The van der Waals surface area contributed by atoms with Crippen molar-refractivity contribution in [1.29, 1.82) is 0 Å². The van der Waals surface area contributed by atoms with Gasteiger partial charge in [-0.3, -0.25) is 9.79 Å². The van der Waals surface area contributed by atoms with Crippen molar-refractivity contribution in [1.82, 2.24) is 14.6 Å². The maximum absolute atomic E-state index is 13.9. The quantitative estimate of drug-likeness (QED) is 0.439. The Bertz CT molecular complexity index is 1480. The first-order valence-corrected chi connectivity index (χ1v) is 16.1. The van der Waals surface area contributed by atoms with Gasteiger partial charge in [0.05, 0.1) is 23.9 Å². The highest BCUT2D eigenvalue weighted by atomic mass is 35.5. The maximum atomic E-state index is 13.9. The number of carboxylic acid groups (broad SMARTS) is 1. The van der Waals surface area contributed by atoms with Gasteiger partial charge in [-0.05, 0) is 50.7 Å². The summed E-state index contributed by atoms with van der Waals surface area (Å²) in [5, 5.41) is 14.5. The Kier molecular flexibility index (Phi) is 8.78. The minimum absolute atomic E-state index is 0.110. The predicted molar refractivity (Wildman–Crippen MR) is 152 cm³/mol. The number of piperidine rings is 1. The standard InChI is InChI=1S/C27H30ClFN4O6S2/c1-39-27(36)21-22(15-8-11-33(12-9-15)41(37,38)18-5-2-16(3-6-18)26(34)35)31-24(25-30-10-13-40-25)32-23(21)19-7-4-17(29)14-20(19)28/h4,7,10,13-16,18,23H,2-3,5-6,8-9,11-12H2,1H3,(H,31,32)(H,34,35)/t16-,18-,23?. The van der Waals surface area contributed by atoms with E-state index in [-0.39, 0.29) is 29.6 Å². The second-order valence-electron chi connectivity index (χ2n) is 10.4. The lowest BCUT2D eigenvalue weighted by molar-refractivity contribution is -0.142. The Morgan fingerprint density at radius 2 is 1.88 bits per heavy atom. The zero-order valence-corrected chi connectivity index (χ0v) is 24.6. The summed E-state index contributed by atoms with van der Waals surface area (Å²) in [4.78, 5) is 33.6. The third kappa shape index (κ3) is 6.04. The number of carbonyl (C=O) groups is 2. The third-order valence-electron chi connectivity index (χ3n) is 8.04. The summed E-state index contributed by atoms with van der Waals surface area (Å²) >= 11 is 7.79. The molecule has 0 spiro atoms. The number of halogens is 2. The van der Waals surface area contributed by atoms with E-state index in [4.69, 9.17) is 21.3 Å². The fourth-order valence-electron chi connectivity index (χ4n) is 5.84. The first kappa shape index (κ1) is 29.6. The fraction of sp³-hybridized carbons (Fsp3) is 0.481. The molecule has 2 N–H and O–H groups in total. The molecule has 14 heteroatoms. The van der Waals surface area contributed by atoms with Gasteiger partial charge < -0.3 is 15.2 Å². The molecule has 10 nitrogen and oxygen atoms in total. The molecule has 1 aromatic heterocycles. The lowest BCUT2D eigenvalue weighted by Crippen LogP contribution is -2.46. The topological polar surface area (TPSA) is 138 Å². The highest BCUT2D eigenvalue weighted by Gasteiger charge is 2.41. The van der Waals surface area contributed by atoms with Gasteiger partial charge in [0.2, 0.25) is 10.0 Å². The Labute approximate surface area is 246 Å². The van der Waals surface area contributed by atoms with E-state index >= 15 is 0 Å². The van der Waals surface area contributed by atoms with Gasteiger partial charge in [-0.25, -0.2) is 26.9 Å². The summed E-state index contributed by atoms with van der Waals surface area (Å²) < 4.78 is 47.4. The molecule has 1 unspecified atom stereocenters. The molecule has 1 aliphatic carbocycles. The molecule has 1 saturated heterocycles. The number of ether oxygens (including phenoxy) is 1. The van der Waals surface area contributed by atoms with E-state index in [9.17, 15) is 27.5 Å². The lowest BCUT2D eigenvalue weighted by Gasteiger charge is -2.38. The number of allylic oxidation sites excluding steroid dienone is 1. The van der Waals surface area contributed by atoms with Crippen molar-refractivity contribution in [3.63, 3.8) is 0 Å². The number of aromatic nitrogens is 1. The number of rotatable bonds is 7. The molecule has 2 fully saturated rings. The second-order valence-corrected chi connectivity index (χ2v) is 13.9. The summed E-state index contributed by atoms with van der Waals surface area (Å²) in [5.41, 5.74) is 1.22. The Morgan fingerprint density at radius 3 is 2.46 bits per heavy atom. The van der Waals surface area contributed by atoms with E-state index in [1.165, 1.54) is 41.0 Å². The van der Waals surface area contributed by atoms with Crippen molar-refractivity contribution in [2.45, 2.75) is 49.8 Å². The largest absolute Gasteiger partial charge is 0.481 e. The molecule has 0 bridgehead atoms. The number of amidine groups is 1. The number of benzene rings is 1. The number of aliphatic imine (C=N–C) groups is 1. The summed E-state index contributed by atoms with van der Waals surface area (Å²) in [6, 6.07) is 3.02. The van der Waals surface area contributed by atoms with E-state index in [0.29, 0.717) is 60.6 Å². The summed E-state index contributed by atoms with van der Waals surface area (Å²) in [6.07, 6.45) is 3.85. The van der Waals surface area contributed by atoms with Crippen LogP contribution in [0.3, 0.4) is 0 Å². The first-order valence-electron chi connectivity index (χ1n) is 13.3. The SMILES string of the molecule is COC(=O)C1=C(C2CCN(S(=O)(=O)[C@H]3CC[C@H](C(=O)O)CC3)CC2)NC(c2nccs2)=NC1c1ccc(F)cc1Cl. The van der Waals surface area contributed by atoms with Crippen LogP contribution in [0.15, 0.2) is 46.0 Å². The number of nitrogens with zero attached hydrogens (tertiary/aromatic N) is 3. The normalized spacial score (nSPS) is 24.5. The molecule has 2 aliphatic heterocycles. The minimum atomic E-state index is -3.61. The second kappa shape index (κ2) is 12.2. The number of esters is 1. The Hall–Kier alpha value is -2.87. The molecule has 3 heterocycles. The van der Waals surface area contributed by atoms with Crippen LogP contribution in [-0.4, -0.2) is 66.0 Å². The third-order valence-corrected chi connectivity index (χ3v) is 11.5. The summed E-state index contributed by atoms with van der Waals surface area (Å²) in [7, 11) is -2.34. The van der Waals surface area contributed by atoms with E-state index in [1.807, 2.05) is 0 Å². The van der Waals surface area contributed by atoms with Crippen LogP contribution < -0.4 is 5.32 Å². The van der Waals surface area contributed by atoms with Gasteiger partial charge in [0.1, 0.15) is 11.9 Å². The number of sulfonamides is 1. The molecular weight excluding hydrogens is 595 g/mol. The zero-order chi connectivity index (χ0) is 29.3. The van der Waals surface area contributed by atoms with Gasteiger partial charge in [0, 0.05) is 46.9 Å². The number of nitrogens with one attached hydrogen (secondary N) is 1. The van der Waals surface area contributed by atoms with Gasteiger partial charge in [-0.15, -0.1) is 11.3 Å². The molecule has 0 amide bonds. The average Bonchev–Trinajstić information content (AvgIpc) is 3.51. The molecule has 5 rings (SSSR count). The first-order chi connectivity index (χ1) is 19.6. The Morgan fingerprint density at radius 1 is 1.17 bits per heavy atom. The van der Waals surface area contributed by atoms with E-state index in [0.717, 1.165) is 0 Å². The smallest absolute Gasteiger partial charge is 0.338 e. The van der Waals surface area contributed by atoms with Crippen LogP contribution in [0.2, 0.25) is 5.02 Å². The highest BCUT2D eigenvalue weighted by Crippen LogP contribution is 2.41. The molecule has 1 saturated carbocycles. The van der Waals surface area contributed by atoms with Crippen LogP contribution in [0, 0.1) is 17.7 Å². The van der Waals surface area contributed by atoms with Gasteiger partial charge in [-0.2, -0.15) is 0 Å². The van der Waals surface area contributed by atoms with Crippen LogP contribution >= 0.6 is 22.9 Å². The minimum Gasteiger partial charge on any atom is -0.481 e. The summed E-state index contributed by atoms with van der Waals surface area (Å²) in [6.45, 7) is 0.494. The van der Waals surface area contributed by atoms with Gasteiger partial charge in [-0.1, -0.05) is 17.7 Å². The van der Waals surface area contributed by atoms with Crippen molar-refractivity contribution < 1.29 is 32.2 Å². The van der Waals surface area contributed by atoms with Crippen LogP contribution in [-0.2, 0) is 24.3 Å². The van der Waals surface area contributed by atoms with Gasteiger partial charge >= 0.3 is 11.9 Å². The van der Waals surface area contributed by atoms with Crippen molar-refractivity contribution in [3.05, 3.63) is 62.5 Å². The maximum Gasteiger partial charge on any atom is 0.338 e. The molecule has 220 valence electrons. The number of carbonyl (C=O) groups excluding carboxylic acids is 1. The van der Waals surface area contributed by atoms with Crippen molar-refractivity contribution in [2.75, 3.05) is 20.2 Å². The summed E-state index contributed by atoms with van der Waals surface area (Å²) in [5.74, 6) is -2.32. The number of thiazole rings is 1. The zero-order valence-electron chi connectivity index (χ0n) is 22.3. The predicted octanol–water partition coefficient (Wildman–Crippen LogP) is 4.14. The Balaban J connectivity index is 1.43.